The van der Waals surface area contributed by atoms with Crippen LogP contribution in [0.2, 0.25) is 0 Å². The number of aromatic nitrogens is 5. The van der Waals surface area contributed by atoms with Crippen LogP contribution >= 0.6 is 0 Å². The van der Waals surface area contributed by atoms with Gasteiger partial charge in [-0.1, -0.05) is 30.4 Å². The van der Waals surface area contributed by atoms with Gasteiger partial charge in [-0.05, 0) is 38.3 Å². The van der Waals surface area contributed by atoms with Gasteiger partial charge in [-0.25, -0.2) is 4.68 Å². The maximum absolute atomic E-state index is 6.01. The third-order valence-corrected chi connectivity index (χ3v) is 5.59. The van der Waals surface area contributed by atoms with E-state index in [0.29, 0.717) is 12.6 Å². The SMILES string of the molecule is C=C(C)Cn1c(-c2cnn(-c3ccccc3)c2)nnc1N1CCC(OCCCOC)CC1. The van der Waals surface area contributed by atoms with E-state index in [9.17, 15) is 0 Å². The zero-order valence-electron chi connectivity index (χ0n) is 19.0. The molecule has 0 spiro atoms. The molecule has 1 fully saturated rings. The third-order valence-electron chi connectivity index (χ3n) is 5.59. The molecule has 0 N–H and O–H groups in total. The zero-order chi connectivity index (χ0) is 22.3. The van der Waals surface area contributed by atoms with Gasteiger partial charge in [-0.15, -0.1) is 10.2 Å². The highest BCUT2D eigenvalue weighted by Gasteiger charge is 2.25. The van der Waals surface area contributed by atoms with Gasteiger partial charge in [0.05, 0.1) is 23.6 Å². The Morgan fingerprint density at radius 3 is 2.62 bits per heavy atom. The Hall–Kier alpha value is -2.97. The number of nitrogens with zero attached hydrogens (tertiary/aromatic N) is 6. The predicted octanol–water partition coefficient (Wildman–Crippen LogP) is 3.73. The first-order chi connectivity index (χ1) is 15.7. The number of anilines is 1. The van der Waals surface area contributed by atoms with Gasteiger partial charge in [0.1, 0.15) is 0 Å². The Kier molecular flexibility index (Phi) is 7.34. The molecule has 0 radical (unpaired) electrons. The molecule has 170 valence electrons. The van der Waals surface area contributed by atoms with Crippen LogP contribution in [0.4, 0.5) is 5.95 Å². The first-order valence-electron chi connectivity index (χ1n) is 11.2. The van der Waals surface area contributed by atoms with Crippen LogP contribution in [-0.2, 0) is 16.0 Å². The van der Waals surface area contributed by atoms with Crippen molar-refractivity contribution in [3.05, 3.63) is 54.9 Å². The topological polar surface area (TPSA) is 70.2 Å². The first kappa shape index (κ1) is 22.2. The molecule has 1 aromatic carbocycles. The number of methoxy groups -OCH3 is 1. The Morgan fingerprint density at radius 2 is 1.91 bits per heavy atom. The number of allylic oxidation sites excluding steroid dienone is 1. The zero-order valence-corrected chi connectivity index (χ0v) is 19.0. The lowest BCUT2D eigenvalue weighted by Gasteiger charge is -2.32. The van der Waals surface area contributed by atoms with Crippen molar-refractivity contribution < 1.29 is 9.47 Å². The minimum Gasteiger partial charge on any atom is -0.385 e. The molecule has 1 saturated heterocycles. The maximum atomic E-state index is 6.01. The van der Waals surface area contributed by atoms with Crippen LogP contribution in [0.1, 0.15) is 26.2 Å². The number of ether oxygens (including phenoxy) is 2. The summed E-state index contributed by atoms with van der Waals surface area (Å²) in [6.45, 7) is 10.1. The number of hydrogen-bond acceptors (Lipinski definition) is 6. The summed E-state index contributed by atoms with van der Waals surface area (Å²) in [5, 5.41) is 13.6. The van der Waals surface area contributed by atoms with Crippen LogP contribution in [0.5, 0.6) is 0 Å². The van der Waals surface area contributed by atoms with Gasteiger partial charge in [0.25, 0.3) is 0 Å². The molecule has 4 rings (SSSR count). The van der Waals surface area contributed by atoms with Crippen LogP contribution in [0.25, 0.3) is 17.1 Å². The molecule has 0 aliphatic carbocycles. The lowest BCUT2D eigenvalue weighted by Crippen LogP contribution is -2.38. The van der Waals surface area contributed by atoms with Crippen LogP contribution in [0.3, 0.4) is 0 Å². The van der Waals surface area contributed by atoms with Crippen LogP contribution in [-0.4, -0.2) is 64.1 Å². The standard InChI is InChI=1S/C24H32N6O2/c1-19(2)17-29-23(20-16-25-30(18-20)21-8-5-4-6-9-21)26-27-24(29)28-12-10-22(11-13-28)32-15-7-14-31-3/h4-6,8-9,16,18,22H,1,7,10-15,17H2,2-3H3. The maximum Gasteiger partial charge on any atom is 0.227 e. The Morgan fingerprint density at radius 1 is 1.12 bits per heavy atom. The van der Waals surface area contributed by atoms with Crippen molar-refractivity contribution in [2.75, 3.05) is 38.3 Å². The highest BCUT2D eigenvalue weighted by Crippen LogP contribution is 2.27. The van der Waals surface area contributed by atoms with Gasteiger partial charge in [0.2, 0.25) is 5.95 Å². The van der Waals surface area contributed by atoms with Crippen molar-refractivity contribution in [3.63, 3.8) is 0 Å². The molecule has 0 atom stereocenters. The number of rotatable bonds is 10. The highest BCUT2D eigenvalue weighted by atomic mass is 16.5. The van der Waals surface area contributed by atoms with Crippen LogP contribution in [0, 0.1) is 0 Å². The lowest BCUT2D eigenvalue weighted by atomic mass is 10.1. The summed E-state index contributed by atoms with van der Waals surface area (Å²) in [7, 11) is 1.72. The van der Waals surface area contributed by atoms with Gasteiger partial charge < -0.3 is 14.4 Å². The van der Waals surface area contributed by atoms with Gasteiger partial charge >= 0.3 is 0 Å². The normalized spacial score (nSPS) is 14.8. The number of piperidine rings is 1. The molecular formula is C24H32N6O2. The summed E-state index contributed by atoms with van der Waals surface area (Å²) in [6, 6.07) is 10.1. The fourth-order valence-corrected chi connectivity index (χ4v) is 3.99. The van der Waals surface area contributed by atoms with Crippen molar-refractivity contribution in [1.82, 2.24) is 24.5 Å². The predicted molar refractivity (Wildman–Crippen MR) is 125 cm³/mol. The van der Waals surface area contributed by atoms with E-state index in [4.69, 9.17) is 9.47 Å². The molecule has 3 heterocycles. The molecule has 0 unspecified atom stereocenters. The monoisotopic (exact) mass is 436 g/mol. The van der Waals surface area contributed by atoms with E-state index in [2.05, 4.69) is 31.3 Å². The Balaban J connectivity index is 1.49. The Bertz CT molecular complexity index is 1000. The average molecular weight is 437 g/mol. The summed E-state index contributed by atoms with van der Waals surface area (Å²) in [5.41, 5.74) is 3.00. The molecule has 8 nitrogen and oxygen atoms in total. The molecule has 3 aromatic rings. The van der Waals surface area contributed by atoms with Gasteiger partial charge in [-0.2, -0.15) is 5.10 Å². The van der Waals surface area contributed by atoms with Crippen LogP contribution in [0.15, 0.2) is 54.9 Å². The summed E-state index contributed by atoms with van der Waals surface area (Å²) in [5.74, 6) is 1.69. The summed E-state index contributed by atoms with van der Waals surface area (Å²) >= 11 is 0. The van der Waals surface area contributed by atoms with Gasteiger partial charge in [-0.3, -0.25) is 4.57 Å². The summed E-state index contributed by atoms with van der Waals surface area (Å²) in [6.07, 6.45) is 7.03. The van der Waals surface area contributed by atoms with Crippen LogP contribution < -0.4 is 4.90 Å². The van der Waals surface area contributed by atoms with Crippen molar-refractivity contribution in [1.29, 1.82) is 0 Å². The van der Waals surface area contributed by atoms with E-state index >= 15 is 0 Å². The molecule has 1 aliphatic rings. The number of para-hydroxylation sites is 1. The quantitative estimate of drug-likeness (QED) is 0.356. The largest absolute Gasteiger partial charge is 0.385 e. The second-order valence-corrected chi connectivity index (χ2v) is 8.28. The molecule has 0 amide bonds. The molecule has 1 aliphatic heterocycles. The minimum atomic E-state index is 0.296. The molecule has 0 bridgehead atoms. The minimum absolute atomic E-state index is 0.296. The molecule has 8 heteroatoms. The molecule has 32 heavy (non-hydrogen) atoms. The van der Waals surface area contributed by atoms with Crippen molar-refractivity contribution in [2.45, 2.75) is 38.8 Å². The smallest absolute Gasteiger partial charge is 0.227 e. The summed E-state index contributed by atoms with van der Waals surface area (Å²) in [4.78, 5) is 2.30. The van der Waals surface area contributed by atoms with E-state index in [0.717, 1.165) is 74.2 Å². The van der Waals surface area contributed by atoms with Crippen molar-refractivity contribution in [3.8, 4) is 17.1 Å². The first-order valence-corrected chi connectivity index (χ1v) is 11.2. The molecular weight excluding hydrogens is 404 g/mol. The Labute approximate surface area is 189 Å². The second-order valence-electron chi connectivity index (χ2n) is 8.28. The van der Waals surface area contributed by atoms with E-state index in [1.165, 1.54) is 0 Å². The fourth-order valence-electron chi connectivity index (χ4n) is 3.99. The lowest BCUT2D eigenvalue weighted by molar-refractivity contribution is 0.0255. The number of hydrogen-bond donors (Lipinski definition) is 0. The van der Waals surface area contributed by atoms with Crippen molar-refractivity contribution >= 4 is 5.95 Å². The molecule has 2 aromatic heterocycles. The molecule has 0 saturated carbocycles. The highest BCUT2D eigenvalue weighted by molar-refractivity contribution is 5.57. The van der Waals surface area contributed by atoms with E-state index in [1.54, 1.807) is 7.11 Å². The second kappa shape index (κ2) is 10.6. The summed E-state index contributed by atoms with van der Waals surface area (Å²) < 4.78 is 15.1. The number of benzene rings is 1. The van der Waals surface area contributed by atoms with Gasteiger partial charge in [0, 0.05) is 46.2 Å². The third kappa shape index (κ3) is 5.26. The van der Waals surface area contributed by atoms with Gasteiger partial charge in [0.15, 0.2) is 5.82 Å². The van der Waals surface area contributed by atoms with E-state index in [-0.39, 0.29) is 0 Å². The van der Waals surface area contributed by atoms with Crippen molar-refractivity contribution in [2.24, 2.45) is 0 Å². The van der Waals surface area contributed by atoms with E-state index < -0.39 is 0 Å². The average Bonchev–Trinajstić information content (AvgIpc) is 3.45. The van der Waals surface area contributed by atoms with E-state index in [1.807, 2.05) is 54.3 Å². The fraction of sp³-hybridized carbons (Fsp3) is 0.458.